The molecule has 0 aliphatic carbocycles. The number of fused-ring (bicyclic) bond motifs is 1. The zero-order valence-electron chi connectivity index (χ0n) is 29.4. The van der Waals surface area contributed by atoms with E-state index in [0.29, 0.717) is 35.2 Å². The summed E-state index contributed by atoms with van der Waals surface area (Å²) >= 11 is 0. The van der Waals surface area contributed by atoms with Crippen molar-refractivity contribution in [3.05, 3.63) is 137 Å². The standard InChI is InChI=1S/C21H24FN3O.C20H18FN3O/c1-4-13(2)14(3)20-24-19(16-9-11-23-12-10-16)18(21(26)25-20)15-5-7-17(22)8-6-15;1-12-11-24-19(13(12)2)23-18(15-7-9-22-10-8-15)17(20(24)25)14-3-5-16(21)6-4-14/h5-14,18-19H,4H2,1-3H3,(H,24,25,26);3-10,12-13H,11H2,1-2H3. The lowest BCUT2D eigenvalue weighted by Gasteiger charge is -2.33. The van der Waals surface area contributed by atoms with E-state index in [-0.39, 0.29) is 41.0 Å². The van der Waals surface area contributed by atoms with E-state index >= 15 is 0 Å². The van der Waals surface area contributed by atoms with Crippen molar-refractivity contribution in [2.45, 2.75) is 65.5 Å². The molecule has 5 heterocycles. The smallest absolute Gasteiger partial charge is 0.262 e. The van der Waals surface area contributed by atoms with Crippen molar-refractivity contribution in [3.63, 3.8) is 0 Å². The van der Waals surface area contributed by atoms with Gasteiger partial charge < -0.3 is 5.32 Å². The highest BCUT2D eigenvalue weighted by Gasteiger charge is 2.37. The molecule has 10 heteroatoms. The van der Waals surface area contributed by atoms with Gasteiger partial charge in [0.1, 0.15) is 23.3 Å². The second-order valence-corrected chi connectivity index (χ2v) is 13.6. The second-order valence-electron chi connectivity index (χ2n) is 13.6. The van der Waals surface area contributed by atoms with Crippen molar-refractivity contribution in [2.75, 3.05) is 0 Å². The average molecular weight is 689 g/mol. The predicted octanol–water partition coefficient (Wildman–Crippen LogP) is 8.12. The largest absolute Gasteiger partial charge is 0.314 e. The third kappa shape index (κ3) is 7.41. The van der Waals surface area contributed by atoms with Crippen LogP contribution in [0.3, 0.4) is 0 Å². The molecule has 6 unspecified atom stereocenters. The lowest BCUT2D eigenvalue weighted by atomic mass is 9.84. The SMILES string of the molecule is CC1Cn2c(nc(-c3ccncc3)c(-c3ccc(F)cc3)c2=O)C1C.CCC(C)C(C)C1=NC(c2ccncc2)C(c2ccc(F)cc2)C(=O)N1. The Balaban J connectivity index is 0.000000176. The molecule has 8 nitrogen and oxygen atoms in total. The molecule has 2 aromatic carbocycles. The van der Waals surface area contributed by atoms with Gasteiger partial charge in [-0.1, -0.05) is 65.3 Å². The maximum Gasteiger partial charge on any atom is 0.262 e. The number of carbonyl (C=O) groups excluding carboxylic acids is 1. The summed E-state index contributed by atoms with van der Waals surface area (Å²) in [7, 11) is 0. The Morgan fingerprint density at radius 1 is 0.804 bits per heavy atom. The van der Waals surface area contributed by atoms with Crippen LogP contribution >= 0.6 is 0 Å². The fourth-order valence-corrected chi connectivity index (χ4v) is 6.68. The Hall–Kier alpha value is -5.38. The van der Waals surface area contributed by atoms with Crippen LogP contribution in [0.1, 0.15) is 75.9 Å². The van der Waals surface area contributed by atoms with Crippen molar-refractivity contribution in [3.8, 4) is 22.4 Å². The molecule has 5 aromatic rings. The van der Waals surface area contributed by atoms with E-state index in [4.69, 9.17) is 9.98 Å². The number of nitrogens with one attached hydrogen (secondary N) is 1. The molecule has 2 aliphatic heterocycles. The Morgan fingerprint density at radius 2 is 1.39 bits per heavy atom. The van der Waals surface area contributed by atoms with E-state index in [1.165, 1.54) is 24.3 Å². The van der Waals surface area contributed by atoms with Gasteiger partial charge in [-0.15, -0.1) is 0 Å². The van der Waals surface area contributed by atoms with Gasteiger partial charge in [-0.3, -0.25) is 29.1 Å². The van der Waals surface area contributed by atoms with E-state index < -0.39 is 5.92 Å². The summed E-state index contributed by atoms with van der Waals surface area (Å²) in [4.78, 5) is 44.1. The summed E-state index contributed by atoms with van der Waals surface area (Å²) in [6.07, 6.45) is 7.79. The highest BCUT2D eigenvalue weighted by molar-refractivity contribution is 6.04. The van der Waals surface area contributed by atoms with E-state index in [1.807, 2.05) is 24.3 Å². The van der Waals surface area contributed by atoms with Gasteiger partial charge in [0.15, 0.2) is 0 Å². The number of aromatic nitrogens is 4. The molecular formula is C41H42F2N6O2. The summed E-state index contributed by atoms with van der Waals surface area (Å²) in [5.41, 5.74) is 4.26. The van der Waals surface area contributed by atoms with Gasteiger partial charge in [-0.25, -0.2) is 13.8 Å². The molecule has 1 amide bonds. The lowest BCUT2D eigenvalue weighted by molar-refractivity contribution is -0.122. The van der Waals surface area contributed by atoms with Gasteiger partial charge in [0.2, 0.25) is 5.91 Å². The van der Waals surface area contributed by atoms with Crippen LogP contribution in [0.4, 0.5) is 8.78 Å². The molecule has 0 saturated heterocycles. The van der Waals surface area contributed by atoms with Crippen LogP contribution in [0.15, 0.2) is 107 Å². The molecule has 0 radical (unpaired) electrons. The minimum absolute atomic E-state index is 0.0698. The third-order valence-electron chi connectivity index (χ3n) is 10.3. The van der Waals surface area contributed by atoms with E-state index in [1.54, 1.807) is 53.6 Å². The number of amides is 1. The summed E-state index contributed by atoms with van der Waals surface area (Å²) in [5.74, 6) is 1.44. The summed E-state index contributed by atoms with van der Waals surface area (Å²) in [5, 5.41) is 3.00. The number of nitrogens with zero attached hydrogens (tertiary/aromatic N) is 5. The highest BCUT2D eigenvalue weighted by Crippen LogP contribution is 2.38. The molecular weight excluding hydrogens is 646 g/mol. The van der Waals surface area contributed by atoms with Crippen LogP contribution in [-0.2, 0) is 11.3 Å². The number of amidine groups is 1. The maximum atomic E-state index is 13.3. The molecule has 262 valence electrons. The van der Waals surface area contributed by atoms with Crippen LogP contribution in [-0.4, -0.2) is 31.3 Å². The van der Waals surface area contributed by atoms with Crippen LogP contribution in [0, 0.1) is 29.4 Å². The van der Waals surface area contributed by atoms with E-state index in [0.717, 1.165) is 34.8 Å². The van der Waals surface area contributed by atoms with Crippen LogP contribution in [0.2, 0.25) is 0 Å². The molecule has 3 aromatic heterocycles. The fraction of sp³-hybridized carbons (Fsp3) is 0.317. The molecule has 1 N–H and O–H groups in total. The highest BCUT2D eigenvalue weighted by atomic mass is 19.1. The van der Waals surface area contributed by atoms with Gasteiger partial charge in [0.25, 0.3) is 5.56 Å². The van der Waals surface area contributed by atoms with E-state index in [2.05, 4.69) is 49.9 Å². The van der Waals surface area contributed by atoms with Gasteiger partial charge in [-0.2, -0.15) is 0 Å². The number of hydrogen-bond donors (Lipinski definition) is 1. The van der Waals surface area contributed by atoms with Gasteiger partial charge >= 0.3 is 0 Å². The first kappa shape index (κ1) is 35.4. The first-order valence-electron chi connectivity index (χ1n) is 17.4. The Morgan fingerprint density at radius 3 is 2.00 bits per heavy atom. The number of halogens is 2. The zero-order chi connectivity index (χ0) is 36.2. The number of hydrogen-bond acceptors (Lipinski definition) is 6. The third-order valence-corrected chi connectivity index (χ3v) is 10.3. The minimum Gasteiger partial charge on any atom is -0.314 e. The average Bonchev–Trinajstić information content (AvgIpc) is 3.45. The topological polar surface area (TPSA) is 102 Å². The van der Waals surface area contributed by atoms with Crippen molar-refractivity contribution in [1.29, 1.82) is 0 Å². The first-order chi connectivity index (χ1) is 24.6. The molecule has 2 aliphatic rings. The van der Waals surface area contributed by atoms with Gasteiger partial charge in [-0.05, 0) is 77.1 Å². The molecule has 6 atom stereocenters. The quantitative estimate of drug-likeness (QED) is 0.186. The first-order valence-corrected chi connectivity index (χ1v) is 17.4. The summed E-state index contributed by atoms with van der Waals surface area (Å²) in [6.45, 7) is 11.3. The van der Waals surface area contributed by atoms with Crippen molar-refractivity contribution in [2.24, 2.45) is 22.7 Å². The number of aliphatic imine (C=N–C) groups is 1. The lowest BCUT2D eigenvalue weighted by Crippen LogP contribution is -2.45. The minimum atomic E-state index is -0.495. The van der Waals surface area contributed by atoms with Crippen LogP contribution in [0.25, 0.3) is 22.4 Å². The van der Waals surface area contributed by atoms with Crippen molar-refractivity contribution < 1.29 is 13.6 Å². The second kappa shape index (κ2) is 15.2. The molecule has 7 rings (SSSR count). The zero-order valence-corrected chi connectivity index (χ0v) is 29.4. The van der Waals surface area contributed by atoms with Crippen LogP contribution < -0.4 is 10.9 Å². The molecule has 0 spiro atoms. The molecule has 51 heavy (non-hydrogen) atoms. The maximum absolute atomic E-state index is 13.3. The van der Waals surface area contributed by atoms with E-state index in [9.17, 15) is 18.4 Å². The molecule has 0 saturated carbocycles. The van der Waals surface area contributed by atoms with Crippen molar-refractivity contribution >= 4 is 11.7 Å². The normalized spacial score (nSPS) is 20.7. The fourth-order valence-electron chi connectivity index (χ4n) is 6.68. The number of carbonyl (C=O) groups is 1. The monoisotopic (exact) mass is 688 g/mol. The summed E-state index contributed by atoms with van der Waals surface area (Å²) in [6, 6.07) is 19.2. The Bertz CT molecular complexity index is 2070. The predicted molar refractivity (Wildman–Crippen MR) is 195 cm³/mol. The Labute approximate surface area is 296 Å². The molecule has 0 fully saturated rings. The van der Waals surface area contributed by atoms with Gasteiger partial charge in [0.05, 0.1) is 23.2 Å². The van der Waals surface area contributed by atoms with Crippen LogP contribution in [0.5, 0.6) is 0 Å². The number of benzene rings is 2. The van der Waals surface area contributed by atoms with Crippen molar-refractivity contribution in [1.82, 2.24) is 24.8 Å². The number of pyridine rings is 2. The van der Waals surface area contributed by atoms with Gasteiger partial charge in [0, 0.05) is 48.7 Å². The summed E-state index contributed by atoms with van der Waals surface area (Å²) < 4.78 is 28.4. The number of rotatable bonds is 7. The molecule has 0 bridgehead atoms. The Kier molecular flexibility index (Phi) is 10.6.